The quantitative estimate of drug-likeness (QED) is 0.905. The first-order valence-corrected chi connectivity index (χ1v) is 7.41. The largest absolute Gasteiger partial charge is 0.493 e. The van der Waals surface area contributed by atoms with Crippen molar-refractivity contribution in [2.45, 2.75) is 20.1 Å². The minimum atomic E-state index is 0.418. The molecule has 0 aliphatic carbocycles. The minimum Gasteiger partial charge on any atom is -0.493 e. The maximum atomic E-state index is 5.79. The molecule has 1 aromatic carbocycles. The van der Waals surface area contributed by atoms with Crippen LogP contribution in [0.4, 0.5) is 0 Å². The van der Waals surface area contributed by atoms with E-state index >= 15 is 0 Å². The maximum Gasteiger partial charge on any atom is 0.175 e. The first-order valence-electron chi connectivity index (χ1n) is 5.74. The smallest absolute Gasteiger partial charge is 0.175 e. The first kappa shape index (κ1) is 14.3. The Bertz CT molecular complexity index is 572. The highest BCUT2D eigenvalue weighted by molar-refractivity contribution is 9.10. The van der Waals surface area contributed by atoms with E-state index in [9.17, 15) is 0 Å². The van der Waals surface area contributed by atoms with Crippen LogP contribution in [0.15, 0.2) is 22.0 Å². The number of aryl methyl sites for hydroxylation is 1. The summed E-state index contributed by atoms with van der Waals surface area (Å²) in [5.41, 5.74) is 7.54. The van der Waals surface area contributed by atoms with Crippen molar-refractivity contribution in [1.82, 2.24) is 4.98 Å². The van der Waals surface area contributed by atoms with E-state index in [-0.39, 0.29) is 0 Å². The highest BCUT2D eigenvalue weighted by atomic mass is 79.9. The summed E-state index contributed by atoms with van der Waals surface area (Å²) in [4.78, 5) is 4.36. The number of methoxy groups -OCH3 is 1. The van der Waals surface area contributed by atoms with Crippen LogP contribution in [0.25, 0.3) is 0 Å². The lowest BCUT2D eigenvalue weighted by atomic mass is 10.2. The van der Waals surface area contributed by atoms with Crippen molar-refractivity contribution in [2.24, 2.45) is 5.73 Å². The number of benzene rings is 1. The number of hydrogen-bond donors (Lipinski definition) is 1. The molecule has 1 aromatic heterocycles. The molecule has 102 valence electrons. The van der Waals surface area contributed by atoms with E-state index in [2.05, 4.69) is 20.9 Å². The van der Waals surface area contributed by atoms with Gasteiger partial charge in [-0.05, 0) is 40.5 Å². The van der Waals surface area contributed by atoms with Gasteiger partial charge >= 0.3 is 0 Å². The molecule has 0 radical (unpaired) electrons. The van der Waals surface area contributed by atoms with E-state index in [4.69, 9.17) is 15.2 Å². The minimum absolute atomic E-state index is 0.418. The summed E-state index contributed by atoms with van der Waals surface area (Å²) in [5, 5.41) is 3.02. The Labute approximate surface area is 124 Å². The van der Waals surface area contributed by atoms with Crippen molar-refractivity contribution < 1.29 is 9.47 Å². The standard InChI is InChI=1S/C13H15BrN2O2S/c1-8-16-10(7-19-8)6-18-13-11(14)3-9(5-15)4-12(13)17-2/h3-4,7H,5-6,15H2,1-2H3. The third-order valence-corrected chi connectivity index (χ3v) is 3.97. The molecule has 0 bridgehead atoms. The van der Waals surface area contributed by atoms with E-state index in [1.165, 1.54) is 0 Å². The Morgan fingerprint density at radius 1 is 1.42 bits per heavy atom. The topological polar surface area (TPSA) is 57.4 Å². The zero-order valence-electron chi connectivity index (χ0n) is 10.8. The summed E-state index contributed by atoms with van der Waals surface area (Å²) in [5.74, 6) is 1.34. The molecule has 2 N–H and O–H groups in total. The molecular formula is C13H15BrN2O2S. The number of ether oxygens (including phenoxy) is 2. The highest BCUT2D eigenvalue weighted by Gasteiger charge is 2.12. The second kappa shape index (κ2) is 6.36. The van der Waals surface area contributed by atoms with Crippen LogP contribution in [0, 0.1) is 6.92 Å². The van der Waals surface area contributed by atoms with Gasteiger partial charge in [-0.25, -0.2) is 4.98 Å². The molecule has 0 aliphatic heterocycles. The van der Waals surface area contributed by atoms with Crippen LogP contribution in [0.2, 0.25) is 0 Å². The normalized spacial score (nSPS) is 10.5. The number of hydrogen-bond acceptors (Lipinski definition) is 5. The molecule has 0 atom stereocenters. The van der Waals surface area contributed by atoms with Gasteiger partial charge in [-0.2, -0.15) is 0 Å². The van der Waals surface area contributed by atoms with Crippen LogP contribution in [0.1, 0.15) is 16.3 Å². The van der Waals surface area contributed by atoms with Crippen molar-refractivity contribution in [1.29, 1.82) is 0 Å². The van der Waals surface area contributed by atoms with Crippen LogP contribution in [0.3, 0.4) is 0 Å². The lowest BCUT2D eigenvalue weighted by Gasteiger charge is -2.13. The SMILES string of the molecule is COc1cc(CN)cc(Br)c1OCc1csc(C)n1. The molecule has 0 fully saturated rings. The molecule has 0 saturated carbocycles. The van der Waals surface area contributed by atoms with Crippen LogP contribution < -0.4 is 15.2 Å². The Morgan fingerprint density at radius 3 is 2.79 bits per heavy atom. The predicted octanol–water partition coefficient (Wildman–Crippen LogP) is 3.26. The Morgan fingerprint density at radius 2 is 2.21 bits per heavy atom. The fourth-order valence-electron chi connectivity index (χ4n) is 1.65. The van der Waals surface area contributed by atoms with E-state index in [1.807, 2.05) is 24.4 Å². The Kier molecular flexibility index (Phi) is 4.79. The number of halogens is 1. The fourth-order valence-corrected chi connectivity index (χ4v) is 2.85. The van der Waals surface area contributed by atoms with Gasteiger partial charge in [0.15, 0.2) is 11.5 Å². The van der Waals surface area contributed by atoms with E-state index in [1.54, 1.807) is 18.4 Å². The average Bonchev–Trinajstić information content (AvgIpc) is 2.82. The zero-order chi connectivity index (χ0) is 13.8. The Hall–Kier alpha value is -1.11. The number of aromatic nitrogens is 1. The molecule has 0 amide bonds. The van der Waals surface area contributed by atoms with Crippen molar-refractivity contribution in [2.75, 3.05) is 7.11 Å². The zero-order valence-corrected chi connectivity index (χ0v) is 13.2. The van der Waals surface area contributed by atoms with Crippen LogP contribution in [0.5, 0.6) is 11.5 Å². The van der Waals surface area contributed by atoms with E-state index in [0.717, 1.165) is 20.7 Å². The molecule has 6 heteroatoms. The molecule has 0 spiro atoms. The Balaban J connectivity index is 2.19. The lowest BCUT2D eigenvalue weighted by molar-refractivity contribution is 0.279. The molecule has 0 unspecified atom stereocenters. The van der Waals surface area contributed by atoms with Crippen molar-refractivity contribution in [3.8, 4) is 11.5 Å². The molecular weight excluding hydrogens is 328 g/mol. The van der Waals surface area contributed by atoms with Crippen molar-refractivity contribution in [3.63, 3.8) is 0 Å². The lowest BCUT2D eigenvalue weighted by Crippen LogP contribution is -2.02. The number of nitrogens with zero attached hydrogens (tertiary/aromatic N) is 1. The predicted molar refractivity (Wildman–Crippen MR) is 79.8 cm³/mol. The summed E-state index contributed by atoms with van der Waals surface area (Å²) < 4.78 is 12.0. The van der Waals surface area contributed by atoms with Gasteiger partial charge in [0.1, 0.15) is 6.61 Å². The van der Waals surface area contributed by atoms with E-state index < -0.39 is 0 Å². The first-order chi connectivity index (χ1) is 9.13. The van der Waals surface area contributed by atoms with Gasteiger partial charge in [-0.1, -0.05) is 0 Å². The summed E-state index contributed by atoms with van der Waals surface area (Å²) in [6.07, 6.45) is 0. The molecule has 2 aromatic rings. The fraction of sp³-hybridized carbons (Fsp3) is 0.308. The molecule has 0 aliphatic rings. The van der Waals surface area contributed by atoms with Gasteiger partial charge in [0.2, 0.25) is 0 Å². The second-order valence-corrected chi connectivity index (χ2v) is 5.88. The number of nitrogens with two attached hydrogens (primary N) is 1. The molecule has 0 saturated heterocycles. The average molecular weight is 343 g/mol. The van der Waals surface area contributed by atoms with Crippen molar-refractivity contribution in [3.05, 3.63) is 38.3 Å². The number of thiazole rings is 1. The van der Waals surface area contributed by atoms with Gasteiger partial charge in [0, 0.05) is 11.9 Å². The van der Waals surface area contributed by atoms with Gasteiger partial charge in [-0.3, -0.25) is 0 Å². The van der Waals surface area contributed by atoms with Crippen LogP contribution in [-0.2, 0) is 13.2 Å². The maximum absolute atomic E-state index is 5.79. The molecule has 2 rings (SSSR count). The highest BCUT2D eigenvalue weighted by Crippen LogP contribution is 2.37. The van der Waals surface area contributed by atoms with Gasteiger partial charge < -0.3 is 15.2 Å². The molecule has 1 heterocycles. The molecule has 19 heavy (non-hydrogen) atoms. The van der Waals surface area contributed by atoms with Gasteiger partial charge in [0.25, 0.3) is 0 Å². The van der Waals surface area contributed by atoms with Crippen molar-refractivity contribution >= 4 is 27.3 Å². The monoisotopic (exact) mass is 342 g/mol. The third kappa shape index (κ3) is 3.46. The summed E-state index contributed by atoms with van der Waals surface area (Å²) in [7, 11) is 1.61. The summed E-state index contributed by atoms with van der Waals surface area (Å²) in [6, 6.07) is 3.82. The third-order valence-electron chi connectivity index (χ3n) is 2.56. The van der Waals surface area contributed by atoms with Gasteiger partial charge in [-0.15, -0.1) is 11.3 Å². The van der Waals surface area contributed by atoms with E-state index in [0.29, 0.717) is 24.7 Å². The van der Waals surface area contributed by atoms with Crippen LogP contribution >= 0.6 is 27.3 Å². The number of rotatable bonds is 5. The van der Waals surface area contributed by atoms with Crippen LogP contribution in [-0.4, -0.2) is 12.1 Å². The summed E-state index contributed by atoms with van der Waals surface area (Å²) >= 11 is 5.09. The van der Waals surface area contributed by atoms with Gasteiger partial charge in [0.05, 0.1) is 22.3 Å². The summed E-state index contributed by atoms with van der Waals surface area (Å²) in [6.45, 7) is 2.85. The molecule has 4 nitrogen and oxygen atoms in total. The second-order valence-electron chi connectivity index (χ2n) is 3.96.